The molecule has 1 aromatic carbocycles. The monoisotopic (exact) mass is 338 g/mol. The van der Waals surface area contributed by atoms with Gasteiger partial charge in [-0.05, 0) is 37.0 Å². The Balaban J connectivity index is 1.81. The number of nitrogens with zero attached hydrogens (tertiary/aromatic N) is 1. The van der Waals surface area contributed by atoms with Crippen LogP contribution >= 0.6 is 0 Å². The largest absolute Gasteiger partial charge is 0.465 e. The number of carbonyl (C=O) groups is 1. The van der Waals surface area contributed by atoms with Gasteiger partial charge >= 0.3 is 6.09 Å². The maximum Gasteiger partial charge on any atom is 0.407 e. The molecule has 0 aliphatic carbocycles. The van der Waals surface area contributed by atoms with E-state index >= 15 is 0 Å². The fraction of sp³-hybridized carbons (Fsp3) is 0.375. The molecule has 2 N–H and O–H groups in total. The molecule has 3 rings (SSSR count). The van der Waals surface area contributed by atoms with E-state index in [1.807, 2.05) is 0 Å². The van der Waals surface area contributed by atoms with E-state index in [2.05, 4.69) is 5.16 Å². The van der Waals surface area contributed by atoms with Gasteiger partial charge in [-0.15, -0.1) is 0 Å². The predicted octanol–water partition coefficient (Wildman–Crippen LogP) is 2.71. The average Bonchev–Trinajstić information content (AvgIpc) is 2.97. The van der Waals surface area contributed by atoms with Crippen molar-refractivity contribution in [1.29, 1.82) is 0 Å². The molecule has 0 radical (unpaired) electrons. The van der Waals surface area contributed by atoms with Crippen molar-refractivity contribution in [3.05, 3.63) is 57.6 Å². The fourth-order valence-corrected chi connectivity index (χ4v) is 3.19. The molecule has 6 nitrogen and oxygen atoms in total. The number of benzene rings is 1. The normalized spacial score (nSPS) is 21.0. The highest BCUT2D eigenvalue weighted by atomic mass is 19.2. The molecule has 1 aromatic heterocycles. The number of hydrogen-bond donors (Lipinski definition) is 2. The first-order valence-corrected chi connectivity index (χ1v) is 7.56. The number of aromatic amines is 1. The zero-order chi connectivity index (χ0) is 17.3. The molecule has 1 amide bonds. The van der Waals surface area contributed by atoms with E-state index in [1.165, 1.54) is 17.0 Å². The van der Waals surface area contributed by atoms with Gasteiger partial charge in [0.05, 0.1) is 0 Å². The van der Waals surface area contributed by atoms with Crippen LogP contribution in [0, 0.1) is 11.6 Å². The van der Waals surface area contributed by atoms with Crippen molar-refractivity contribution in [2.75, 3.05) is 6.54 Å². The van der Waals surface area contributed by atoms with E-state index in [9.17, 15) is 23.5 Å². The summed E-state index contributed by atoms with van der Waals surface area (Å²) in [4.78, 5) is 23.9. The lowest BCUT2D eigenvalue weighted by Gasteiger charge is -2.37. The third kappa shape index (κ3) is 3.32. The molecule has 0 unspecified atom stereocenters. The van der Waals surface area contributed by atoms with Crippen LogP contribution in [0.5, 0.6) is 0 Å². The van der Waals surface area contributed by atoms with E-state index in [0.29, 0.717) is 24.2 Å². The number of hydrogen-bond acceptors (Lipinski definition) is 3. The SMILES string of the molecule is O=C(O)N1CC[C@@H](c2cc(=O)[nH]o2)C[C@@H]1Cc1ccc(F)c(F)c1. The van der Waals surface area contributed by atoms with E-state index in [4.69, 9.17) is 4.52 Å². The van der Waals surface area contributed by atoms with Crippen LogP contribution in [0.1, 0.15) is 30.1 Å². The first-order chi connectivity index (χ1) is 11.4. The van der Waals surface area contributed by atoms with Gasteiger partial charge in [-0.1, -0.05) is 6.07 Å². The van der Waals surface area contributed by atoms with Crippen LogP contribution in [-0.4, -0.2) is 33.8 Å². The molecule has 1 fully saturated rings. The average molecular weight is 338 g/mol. The predicted molar refractivity (Wildman–Crippen MR) is 79.9 cm³/mol. The highest BCUT2D eigenvalue weighted by Crippen LogP contribution is 2.32. The number of amides is 1. The van der Waals surface area contributed by atoms with Crippen molar-refractivity contribution in [2.24, 2.45) is 0 Å². The Kier molecular flexibility index (Phi) is 4.37. The lowest BCUT2D eigenvalue weighted by Crippen LogP contribution is -2.46. The molecule has 1 saturated heterocycles. The first kappa shape index (κ1) is 16.2. The summed E-state index contributed by atoms with van der Waals surface area (Å²) in [6, 6.07) is 4.50. The lowest BCUT2D eigenvalue weighted by molar-refractivity contribution is 0.0968. The molecule has 2 aromatic rings. The summed E-state index contributed by atoms with van der Waals surface area (Å²) < 4.78 is 31.5. The van der Waals surface area contributed by atoms with Gasteiger partial charge in [0.1, 0.15) is 5.76 Å². The third-order valence-electron chi connectivity index (χ3n) is 4.36. The molecule has 8 heteroatoms. The standard InChI is InChI=1S/C16H16F2N2O4/c17-12-2-1-9(6-13(12)18)5-11-7-10(3-4-20(11)16(22)23)14-8-15(21)19-24-14/h1-2,6,8,10-11H,3-5,7H2,(H,19,21)(H,22,23)/t10-,11+/m1/s1. The number of aromatic nitrogens is 1. The Labute approximate surface area is 135 Å². The summed E-state index contributed by atoms with van der Waals surface area (Å²) in [6.07, 6.45) is 0.166. The minimum absolute atomic E-state index is 0.102. The van der Waals surface area contributed by atoms with Gasteiger partial charge in [0.15, 0.2) is 11.6 Å². The Morgan fingerprint density at radius 3 is 2.75 bits per heavy atom. The minimum Gasteiger partial charge on any atom is -0.465 e. The summed E-state index contributed by atoms with van der Waals surface area (Å²) in [5.41, 5.74) is 0.171. The number of nitrogens with one attached hydrogen (secondary N) is 1. The molecule has 2 atom stereocenters. The topological polar surface area (TPSA) is 86.5 Å². The minimum atomic E-state index is -1.06. The second-order valence-corrected chi connectivity index (χ2v) is 5.92. The van der Waals surface area contributed by atoms with Crippen LogP contribution in [0.15, 0.2) is 33.6 Å². The number of piperidine rings is 1. The quantitative estimate of drug-likeness (QED) is 0.901. The number of halogens is 2. The Hall–Kier alpha value is -2.64. The zero-order valence-corrected chi connectivity index (χ0v) is 12.7. The first-order valence-electron chi connectivity index (χ1n) is 7.56. The number of H-pyrrole nitrogens is 1. The summed E-state index contributed by atoms with van der Waals surface area (Å²) in [5, 5.41) is 11.6. The Morgan fingerprint density at radius 2 is 2.12 bits per heavy atom. The fourth-order valence-electron chi connectivity index (χ4n) is 3.19. The zero-order valence-electron chi connectivity index (χ0n) is 12.7. The highest BCUT2D eigenvalue weighted by molar-refractivity contribution is 5.65. The van der Waals surface area contributed by atoms with E-state index < -0.39 is 23.8 Å². The molecule has 128 valence electrons. The van der Waals surface area contributed by atoms with Crippen LogP contribution in [0.25, 0.3) is 0 Å². The summed E-state index contributed by atoms with van der Waals surface area (Å²) >= 11 is 0. The van der Waals surface area contributed by atoms with Crippen LogP contribution in [0.2, 0.25) is 0 Å². The van der Waals surface area contributed by atoms with Gasteiger partial charge < -0.3 is 14.5 Å². The van der Waals surface area contributed by atoms with Gasteiger partial charge in [0.25, 0.3) is 5.56 Å². The number of likely N-dealkylation sites (tertiary alicyclic amines) is 1. The van der Waals surface area contributed by atoms with E-state index in [1.54, 1.807) is 0 Å². The number of rotatable bonds is 3. The summed E-state index contributed by atoms with van der Waals surface area (Å²) in [5.74, 6) is -1.52. The maximum absolute atomic E-state index is 13.4. The van der Waals surface area contributed by atoms with Gasteiger partial charge in [-0.2, -0.15) is 5.16 Å². The lowest BCUT2D eigenvalue weighted by atomic mass is 9.86. The molecule has 24 heavy (non-hydrogen) atoms. The molecule has 0 spiro atoms. The van der Waals surface area contributed by atoms with Crippen LogP contribution in [-0.2, 0) is 6.42 Å². The van der Waals surface area contributed by atoms with Crippen LogP contribution in [0.3, 0.4) is 0 Å². The van der Waals surface area contributed by atoms with Crippen molar-refractivity contribution in [3.63, 3.8) is 0 Å². The Morgan fingerprint density at radius 1 is 1.33 bits per heavy atom. The second kappa shape index (κ2) is 6.46. The molecule has 0 bridgehead atoms. The molecule has 2 heterocycles. The van der Waals surface area contributed by atoms with Crippen LogP contribution < -0.4 is 5.56 Å². The molecular formula is C16H16F2N2O4. The molecule has 1 aliphatic heterocycles. The summed E-state index contributed by atoms with van der Waals surface area (Å²) in [6.45, 7) is 0.281. The highest BCUT2D eigenvalue weighted by Gasteiger charge is 2.34. The van der Waals surface area contributed by atoms with E-state index in [0.717, 1.165) is 12.1 Å². The van der Waals surface area contributed by atoms with E-state index in [-0.39, 0.29) is 24.4 Å². The second-order valence-electron chi connectivity index (χ2n) is 5.92. The smallest absolute Gasteiger partial charge is 0.407 e. The number of carboxylic acid groups (broad SMARTS) is 1. The van der Waals surface area contributed by atoms with Crippen molar-refractivity contribution >= 4 is 6.09 Å². The van der Waals surface area contributed by atoms with Gasteiger partial charge in [-0.25, -0.2) is 13.6 Å². The van der Waals surface area contributed by atoms with Gasteiger partial charge in [-0.3, -0.25) is 4.79 Å². The summed E-state index contributed by atoms with van der Waals surface area (Å²) in [7, 11) is 0. The Bertz CT molecular complexity index is 801. The molecular weight excluding hydrogens is 322 g/mol. The third-order valence-corrected chi connectivity index (χ3v) is 4.36. The molecule has 0 saturated carbocycles. The van der Waals surface area contributed by atoms with Crippen LogP contribution in [0.4, 0.5) is 13.6 Å². The van der Waals surface area contributed by atoms with Crippen molar-refractivity contribution < 1.29 is 23.2 Å². The molecule has 1 aliphatic rings. The van der Waals surface area contributed by atoms with Crippen molar-refractivity contribution in [1.82, 2.24) is 10.1 Å². The van der Waals surface area contributed by atoms with Gasteiger partial charge in [0.2, 0.25) is 0 Å². The van der Waals surface area contributed by atoms with Crippen molar-refractivity contribution in [2.45, 2.75) is 31.2 Å². The maximum atomic E-state index is 13.4. The van der Waals surface area contributed by atoms with Crippen molar-refractivity contribution in [3.8, 4) is 0 Å². The van der Waals surface area contributed by atoms with Gasteiger partial charge in [0, 0.05) is 24.6 Å².